The number of carbonyl (C=O) groups is 2. The van der Waals surface area contributed by atoms with Crippen LogP contribution >= 0.6 is 11.3 Å². The van der Waals surface area contributed by atoms with Crippen molar-refractivity contribution in [3.05, 3.63) is 17.5 Å². The van der Waals surface area contributed by atoms with E-state index in [1.54, 1.807) is 18.5 Å². The Kier molecular flexibility index (Phi) is 3.40. The minimum Gasteiger partial charge on any atom is -0.345 e. The number of likely N-dealkylation sites (tertiary alicyclic amines) is 1. The summed E-state index contributed by atoms with van der Waals surface area (Å²) in [4.78, 5) is 24.8. The fourth-order valence-corrected chi connectivity index (χ4v) is 3.75. The summed E-state index contributed by atoms with van der Waals surface area (Å²) in [6.07, 6.45) is 0.348. The quantitative estimate of drug-likeness (QED) is 0.795. The zero-order valence-corrected chi connectivity index (χ0v) is 11.3. The Balaban J connectivity index is 2.11. The smallest absolute Gasteiger partial charge is 0.273 e. The first-order valence-electron chi connectivity index (χ1n) is 5.27. The Morgan fingerprint density at radius 2 is 2.28 bits per heavy atom. The van der Waals surface area contributed by atoms with E-state index in [0.717, 1.165) is 11.3 Å². The van der Waals surface area contributed by atoms with E-state index in [4.69, 9.17) is 0 Å². The molecule has 1 saturated heterocycles. The number of hydrogen-bond acceptors (Lipinski definition) is 5. The van der Waals surface area contributed by atoms with Gasteiger partial charge in [-0.05, 0) is 17.9 Å². The van der Waals surface area contributed by atoms with Crippen LogP contribution in [0.5, 0.6) is 0 Å². The first-order chi connectivity index (χ1) is 8.42. The Labute approximate surface area is 109 Å². The number of nitrogens with zero attached hydrogens (tertiary/aromatic N) is 1. The van der Waals surface area contributed by atoms with Gasteiger partial charge in [-0.25, -0.2) is 13.1 Å². The fraction of sp³-hybridized carbons (Fsp3) is 0.400. The summed E-state index contributed by atoms with van der Waals surface area (Å²) in [5.74, 6) is -1.99. The van der Waals surface area contributed by atoms with E-state index in [-0.39, 0.29) is 10.1 Å². The van der Waals surface area contributed by atoms with Crippen molar-refractivity contribution in [2.24, 2.45) is 5.92 Å². The van der Waals surface area contributed by atoms with Crippen molar-refractivity contribution in [2.75, 3.05) is 13.6 Å². The van der Waals surface area contributed by atoms with E-state index in [1.165, 1.54) is 11.0 Å². The molecule has 2 heterocycles. The lowest BCUT2D eigenvalue weighted by Gasteiger charge is -2.10. The zero-order valence-electron chi connectivity index (χ0n) is 9.62. The molecule has 0 saturated carbocycles. The van der Waals surface area contributed by atoms with Gasteiger partial charge in [0.25, 0.3) is 10.0 Å². The van der Waals surface area contributed by atoms with Gasteiger partial charge < -0.3 is 4.90 Å². The molecular weight excluding hydrogens is 276 g/mol. The van der Waals surface area contributed by atoms with Gasteiger partial charge in [0.05, 0.1) is 0 Å². The Bertz CT molecular complexity index is 565. The number of carbonyl (C=O) groups excluding carboxylic acids is 2. The lowest BCUT2D eigenvalue weighted by Crippen LogP contribution is -2.38. The predicted octanol–water partition coefficient (Wildman–Crippen LogP) is 0.0313. The molecule has 0 bridgehead atoms. The molecule has 0 aliphatic carbocycles. The predicted molar refractivity (Wildman–Crippen MR) is 65.4 cm³/mol. The van der Waals surface area contributed by atoms with Gasteiger partial charge in [-0.2, -0.15) is 0 Å². The Morgan fingerprint density at radius 3 is 2.78 bits per heavy atom. The van der Waals surface area contributed by atoms with Crippen LogP contribution in [0.2, 0.25) is 0 Å². The van der Waals surface area contributed by atoms with E-state index in [1.807, 2.05) is 4.72 Å². The number of thiophene rings is 1. The van der Waals surface area contributed by atoms with Crippen molar-refractivity contribution in [2.45, 2.75) is 10.6 Å². The molecule has 1 aromatic rings. The molecule has 18 heavy (non-hydrogen) atoms. The third-order valence-electron chi connectivity index (χ3n) is 2.74. The minimum atomic E-state index is -3.85. The summed E-state index contributed by atoms with van der Waals surface area (Å²) >= 11 is 1.02. The summed E-state index contributed by atoms with van der Waals surface area (Å²) < 4.78 is 25.6. The second-order valence-corrected chi connectivity index (χ2v) is 6.86. The molecule has 98 valence electrons. The molecule has 0 aromatic carbocycles. The van der Waals surface area contributed by atoms with Crippen LogP contribution in [0.1, 0.15) is 6.42 Å². The van der Waals surface area contributed by atoms with Crippen LogP contribution in [0.4, 0.5) is 0 Å². The van der Waals surface area contributed by atoms with Crippen LogP contribution in [0.15, 0.2) is 21.7 Å². The molecule has 6 nitrogen and oxygen atoms in total. The molecule has 0 unspecified atom stereocenters. The van der Waals surface area contributed by atoms with Crippen molar-refractivity contribution in [1.29, 1.82) is 0 Å². The second-order valence-electron chi connectivity index (χ2n) is 4.00. The molecule has 1 aliphatic rings. The second kappa shape index (κ2) is 4.69. The van der Waals surface area contributed by atoms with Gasteiger partial charge in [-0.3, -0.25) is 9.59 Å². The van der Waals surface area contributed by atoms with Crippen LogP contribution < -0.4 is 4.72 Å². The number of amides is 2. The summed E-state index contributed by atoms with van der Waals surface area (Å²) in [5.41, 5.74) is 0. The van der Waals surface area contributed by atoms with Gasteiger partial charge in [0, 0.05) is 13.6 Å². The van der Waals surface area contributed by atoms with Gasteiger partial charge in [0.15, 0.2) is 0 Å². The van der Waals surface area contributed by atoms with Crippen LogP contribution in [0.3, 0.4) is 0 Å². The van der Waals surface area contributed by atoms with E-state index in [2.05, 4.69) is 0 Å². The maximum absolute atomic E-state index is 11.8. The van der Waals surface area contributed by atoms with Gasteiger partial charge in [-0.1, -0.05) is 6.07 Å². The van der Waals surface area contributed by atoms with Gasteiger partial charge in [0.2, 0.25) is 11.8 Å². The average molecular weight is 288 g/mol. The van der Waals surface area contributed by atoms with Crippen molar-refractivity contribution in [3.63, 3.8) is 0 Å². The van der Waals surface area contributed by atoms with Crippen molar-refractivity contribution >= 4 is 33.2 Å². The van der Waals surface area contributed by atoms with E-state index in [9.17, 15) is 18.0 Å². The summed E-state index contributed by atoms with van der Waals surface area (Å²) in [7, 11) is -2.26. The molecule has 1 aliphatic heterocycles. The Hall–Kier alpha value is -1.41. The normalized spacial score (nSPS) is 20.2. The standard InChI is InChI=1S/C10H12N2O4S2/c1-12-5-4-7(10(12)14)9(13)11-18(15,16)8-3-2-6-17-8/h2-3,6-7H,4-5H2,1H3,(H,11,13)/t7-/m0/s1. The Morgan fingerprint density at radius 1 is 1.56 bits per heavy atom. The third kappa shape index (κ3) is 2.39. The SMILES string of the molecule is CN1CC[C@@H](C(=O)NS(=O)(=O)c2cccs2)C1=O. The zero-order chi connectivity index (χ0) is 13.3. The van der Waals surface area contributed by atoms with Crippen LogP contribution in [-0.2, 0) is 19.6 Å². The molecular formula is C10H12N2O4S2. The topological polar surface area (TPSA) is 83.6 Å². The molecule has 1 N–H and O–H groups in total. The number of hydrogen-bond donors (Lipinski definition) is 1. The fourth-order valence-electron chi connectivity index (χ4n) is 1.74. The molecule has 0 spiro atoms. The molecule has 1 aromatic heterocycles. The third-order valence-corrected chi connectivity index (χ3v) is 5.48. The molecule has 0 radical (unpaired) electrons. The first kappa shape index (κ1) is 13.0. The molecule has 8 heteroatoms. The number of nitrogens with one attached hydrogen (secondary N) is 1. The average Bonchev–Trinajstić information content (AvgIpc) is 2.90. The van der Waals surface area contributed by atoms with Gasteiger partial charge >= 0.3 is 0 Å². The number of rotatable bonds is 3. The highest BCUT2D eigenvalue weighted by Gasteiger charge is 2.36. The van der Waals surface area contributed by atoms with Crippen LogP contribution in [0, 0.1) is 5.92 Å². The molecule has 2 amide bonds. The van der Waals surface area contributed by atoms with Gasteiger partial charge in [-0.15, -0.1) is 11.3 Å². The molecule has 1 fully saturated rings. The lowest BCUT2D eigenvalue weighted by atomic mass is 10.1. The highest BCUT2D eigenvalue weighted by Crippen LogP contribution is 2.19. The van der Waals surface area contributed by atoms with E-state index in [0.29, 0.717) is 13.0 Å². The van der Waals surface area contributed by atoms with E-state index < -0.39 is 21.8 Å². The first-order valence-corrected chi connectivity index (χ1v) is 7.63. The monoisotopic (exact) mass is 288 g/mol. The highest BCUT2D eigenvalue weighted by molar-refractivity contribution is 7.92. The maximum atomic E-state index is 11.8. The largest absolute Gasteiger partial charge is 0.345 e. The van der Waals surface area contributed by atoms with Crippen molar-refractivity contribution in [3.8, 4) is 0 Å². The van der Waals surface area contributed by atoms with Gasteiger partial charge in [0.1, 0.15) is 10.1 Å². The maximum Gasteiger partial charge on any atom is 0.273 e. The summed E-state index contributed by atoms with van der Waals surface area (Å²) in [6, 6.07) is 2.99. The lowest BCUT2D eigenvalue weighted by molar-refractivity contribution is -0.136. The minimum absolute atomic E-state index is 0.0645. The highest BCUT2D eigenvalue weighted by atomic mass is 32.2. The molecule has 1 atom stereocenters. The summed E-state index contributed by atoms with van der Waals surface area (Å²) in [5, 5.41) is 1.60. The van der Waals surface area contributed by atoms with Crippen LogP contribution in [0.25, 0.3) is 0 Å². The van der Waals surface area contributed by atoms with Crippen LogP contribution in [-0.4, -0.2) is 38.7 Å². The van der Waals surface area contributed by atoms with E-state index >= 15 is 0 Å². The number of sulfonamides is 1. The van der Waals surface area contributed by atoms with Crippen molar-refractivity contribution in [1.82, 2.24) is 9.62 Å². The summed E-state index contributed by atoms with van der Waals surface area (Å²) in [6.45, 7) is 0.468. The van der Waals surface area contributed by atoms with Crippen molar-refractivity contribution < 1.29 is 18.0 Å². The molecule has 2 rings (SSSR count).